The molecule has 0 bridgehead atoms. The number of halogens is 1. The first-order valence-corrected chi connectivity index (χ1v) is 4.24. The summed E-state index contributed by atoms with van der Waals surface area (Å²) in [6, 6.07) is 0. The van der Waals surface area contributed by atoms with Gasteiger partial charge in [-0.15, -0.1) is 0 Å². The summed E-state index contributed by atoms with van der Waals surface area (Å²) in [5.74, 6) is 0. The molecule has 3 nitrogen and oxygen atoms in total. The van der Waals surface area contributed by atoms with E-state index < -0.39 is 6.95 Å². The third-order valence-corrected chi connectivity index (χ3v) is 2.14. The molecular formula is C3H8ClO3P. The Morgan fingerprint density at radius 3 is 1.88 bits per heavy atom. The standard InChI is InChI=1S/C2H4ClO3P.CH4/c3-7(4)5-1-2-6-7;/h1-2H2;1H4. The Morgan fingerprint density at radius 2 is 1.75 bits per heavy atom. The zero-order chi connectivity index (χ0) is 5.33. The molecule has 0 aromatic heterocycles. The second-order valence-electron chi connectivity index (χ2n) is 1.10. The summed E-state index contributed by atoms with van der Waals surface area (Å²) in [7, 11) is 0. The maximum absolute atomic E-state index is 10.3. The minimum Gasteiger partial charge on any atom is -0.294 e. The Morgan fingerprint density at radius 1 is 1.38 bits per heavy atom. The summed E-state index contributed by atoms with van der Waals surface area (Å²) in [5.41, 5.74) is 0. The highest BCUT2D eigenvalue weighted by molar-refractivity contribution is 7.81. The van der Waals surface area contributed by atoms with E-state index in [9.17, 15) is 4.57 Å². The Balaban J connectivity index is 0.000000490. The van der Waals surface area contributed by atoms with Crippen LogP contribution in [0.1, 0.15) is 7.43 Å². The quantitative estimate of drug-likeness (QED) is 0.506. The highest BCUT2D eigenvalue weighted by atomic mass is 35.7. The topological polar surface area (TPSA) is 35.5 Å². The predicted molar refractivity (Wildman–Crippen MR) is 32.1 cm³/mol. The molecule has 0 aromatic rings. The number of rotatable bonds is 0. The van der Waals surface area contributed by atoms with E-state index in [-0.39, 0.29) is 7.43 Å². The van der Waals surface area contributed by atoms with Gasteiger partial charge in [-0.2, -0.15) is 0 Å². The number of hydrogen-bond donors (Lipinski definition) is 0. The average molecular weight is 159 g/mol. The molecule has 0 amide bonds. The van der Waals surface area contributed by atoms with Gasteiger partial charge in [0, 0.05) is 11.2 Å². The van der Waals surface area contributed by atoms with E-state index >= 15 is 0 Å². The van der Waals surface area contributed by atoms with Gasteiger partial charge in [0.2, 0.25) is 0 Å². The van der Waals surface area contributed by atoms with Crippen LogP contribution in [0.3, 0.4) is 0 Å². The zero-order valence-corrected chi connectivity index (χ0v) is 5.11. The molecule has 1 fully saturated rings. The first kappa shape index (κ1) is 8.44. The van der Waals surface area contributed by atoms with E-state index in [4.69, 9.17) is 11.2 Å². The first-order chi connectivity index (χ1) is 3.21. The molecule has 1 rings (SSSR count). The summed E-state index contributed by atoms with van der Waals surface area (Å²) in [4.78, 5) is 0. The maximum Gasteiger partial charge on any atom is 0.424 e. The molecule has 0 unspecified atom stereocenters. The van der Waals surface area contributed by atoms with Crippen molar-refractivity contribution in [2.45, 2.75) is 7.43 Å². The SMILES string of the molecule is C.O=P1(Cl)OCCO1. The Labute approximate surface area is 53.3 Å². The molecule has 0 radical (unpaired) electrons. The minimum atomic E-state index is -3.07. The first-order valence-electron chi connectivity index (χ1n) is 1.79. The van der Waals surface area contributed by atoms with Crippen LogP contribution in [0.15, 0.2) is 0 Å². The lowest BCUT2D eigenvalue weighted by molar-refractivity contribution is 0.365. The van der Waals surface area contributed by atoms with Gasteiger partial charge in [0.05, 0.1) is 13.2 Å². The van der Waals surface area contributed by atoms with Gasteiger partial charge in [-0.3, -0.25) is 9.05 Å². The van der Waals surface area contributed by atoms with Crippen molar-refractivity contribution in [1.29, 1.82) is 0 Å². The van der Waals surface area contributed by atoms with E-state index in [2.05, 4.69) is 9.05 Å². The molecule has 8 heavy (non-hydrogen) atoms. The van der Waals surface area contributed by atoms with Crippen LogP contribution in [0.5, 0.6) is 0 Å². The maximum atomic E-state index is 10.3. The van der Waals surface area contributed by atoms with Gasteiger partial charge >= 0.3 is 6.95 Å². The molecule has 0 N–H and O–H groups in total. The molecule has 0 saturated carbocycles. The fraction of sp³-hybridized carbons (Fsp3) is 1.00. The Bertz CT molecular complexity index is 105. The van der Waals surface area contributed by atoms with Crippen LogP contribution in [0.2, 0.25) is 0 Å². The highest BCUT2D eigenvalue weighted by Gasteiger charge is 2.25. The average Bonchev–Trinajstić information content (AvgIpc) is 1.84. The van der Waals surface area contributed by atoms with Crippen molar-refractivity contribution < 1.29 is 13.6 Å². The van der Waals surface area contributed by atoms with E-state index in [1.54, 1.807) is 0 Å². The normalized spacial score (nSPS) is 24.6. The molecule has 1 saturated heterocycles. The van der Waals surface area contributed by atoms with E-state index in [1.165, 1.54) is 0 Å². The summed E-state index contributed by atoms with van der Waals surface area (Å²) in [6.45, 7) is -2.38. The third-order valence-electron chi connectivity index (χ3n) is 0.574. The highest BCUT2D eigenvalue weighted by Crippen LogP contribution is 2.56. The van der Waals surface area contributed by atoms with Gasteiger partial charge in [-0.1, -0.05) is 7.43 Å². The molecule has 1 aliphatic heterocycles. The molecule has 1 aliphatic rings. The van der Waals surface area contributed by atoms with Crippen molar-refractivity contribution in [1.82, 2.24) is 0 Å². The monoisotopic (exact) mass is 158 g/mol. The van der Waals surface area contributed by atoms with Gasteiger partial charge in [-0.25, -0.2) is 4.57 Å². The Hall–Kier alpha value is 0.440. The smallest absolute Gasteiger partial charge is 0.294 e. The molecule has 0 aromatic carbocycles. The lowest BCUT2D eigenvalue weighted by Crippen LogP contribution is -1.79. The molecule has 0 aliphatic carbocycles. The molecule has 1 heterocycles. The molecule has 5 heteroatoms. The van der Waals surface area contributed by atoms with Gasteiger partial charge in [-0.05, 0) is 0 Å². The number of hydrogen-bond acceptors (Lipinski definition) is 3. The van der Waals surface area contributed by atoms with Gasteiger partial charge in [0.15, 0.2) is 0 Å². The molecule has 0 atom stereocenters. The predicted octanol–water partition coefficient (Wildman–Crippen LogP) is 2.02. The third kappa shape index (κ3) is 2.14. The fourth-order valence-electron chi connectivity index (χ4n) is 0.330. The molecule has 50 valence electrons. The van der Waals surface area contributed by atoms with Crippen LogP contribution < -0.4 is 0 Å². The summed E-state index contributed by atoms with van der Waals surface area (Å²) in [6.07, 6.45) is 0. The lowest BCUT2D eigenvalue weighted by atomic mass is 10.8. The van der Waals surface area contributed by atoms with E-state index in [1.807, 2.05) is 0 Å². The van der Waals surface area contributed by atoms with Crippen LogP contribution in [0.25, 0.3) is 0 Å². The zero-order valence-electron chi connectivity index (χ0n) is 3.46. The van der Waals surface area contributed by atoms with Crippen LogP contribution >= 0.6 is 18.2 Å². The second kappa shape index (κ2) is 2.83. The lowest BCUT2D eigenvalue weighted by Gasteiger charge is -1.93. The Kier molecular flexibility index (Phi) is 2.99. The van der Waals surface area contributed by atoms with Crippen molar-refractivity contribution in [2.24, 2.45) is 0 Å². The largest absolute Gasteiger partial charge is 0.424 e. The summed E-state index contributed by atoms with van der Waals surface area (Å²) in [5, 5.41) is 0. The van der Waals surface area contributed by atoms with Crippen molar-refractivity contribution in [3.8, 4) is 0 Å². The van der Waals surface area contributed by atoms with Crippen LogP contribution in [0.4, 0.5) is 0 Å². The van der Waals surface area contributed by atoms with Crippen LogP contribution in [0, 0.1) is 0 Å². The van der Waals surface area contributed by atoms with Crippen molar-refractivity contribution >= 4 is 18.2 Å². The van der Waals surface area contributed by atoms with E-state index in [0.717, 1.165) is 0 Å². The molecule has 0 spiro atoms. The van der Waals surface area contributed by atoms with Crippen molar-refractivity contribution in [2.75, 3.05) is 13.2 Å². The van der Waals surface area contributed by atoms with Gasteiger partial charge < -0.3 is 0 Å². The van der Waals surface area contributed by atoms with Crippen molar-refractivity contribution in [3.63, 3.8) is 0 Å². The summed E-state index contributed by atoms with van der Waals surface area (Å²) >= 11 is 5.08. The summed E-state index contributed by atoms with van der Waals surface area (Å²) < 4.78 is 19.2. The van der Waals surface area contributed by atoms with Gasteiger partial charge in [0.25, 0.3) is 0 Å². The minimum absolute atomic E-state index is 0. The fourth-order valence-corrected chi connectivity index (χ4v) is 1.40. The van der Waals surface area contributed by atoms with Gasteiger partial charge in [0.1, 0.15) is 0 Å². The second-order valence-corrected chi connectivity index (χ2v) is 3.72. The molecular weight excluding hydrogens is 150 g/mol. The van der Waals surface area contributed by atoms with Crippen LogP contribution in [-0.4, -0.2) is 13.2 Å². The van der Waals surface area contributed by atoms with E-state index in [0.29, 0.717) is 13.2 Å². The van der Waals surface area contributed by atoms with Crippen molar-refractivity contribution in [3.05, 3.63) is 0 Å². The van der Waals surface area contributed by atoms with Crippen LogP contribution in [-0.2, 0) is 13.6 Å².